The monoisotopic (exact) mass is 424 g/mol. The van der Waals surface area contributed by atoms with Gasteiger partial charge in [-0.15, -0.1) is 0 Å². The van der Waals surface area contributed by atoms with Crippen molar-refractivity contribution in [3.8, 4) is 0 Å². The van der Waals surface area contributed by atoms with E-state index in [0.717, 1.165) is 25.3 Å². The van der Waals surface area contributed by atoms with Crippen LogP contribution < -0.4 is 11.5 Å². The number of aromatic carboxylic acids is 1. The molecule has 2 aromatic rings. The van der Waals surface area contributed by atoms with E-state index >= 15 is 0 Å². The van der Waals surface area contributed by atoms with Crippen LogP contribution in [0.4, 0.5) is 37.7 Å². The Balaban J connectivity index is 0.000000291. The summed E-state index contributed by atoms with van der Waals surface area (Å²) in [7, 11) is 1.12. The number of carboxylic acids is 1. The van der Waals surface area contributed by atoms with E-state index in [1.165, 1.54) is 0 Å². The molecule has 29 heavy (non-hydrogen) atoms. The number of alkyl halides is 6. The van der Waals surface area contributed by atoms with Crippen molar-refractivity contribution in [1.82, 2.24) is 0 Å². The summed E-state index contributed by atoms with van der Waals surface area (Å²) >= 11 is 0. The highest BCUT2D eigenvalue weighted by atomic mass is 19.4. The van der Waals surface area contributed by atoms with Crippen molar-refractivity contribution in [2.75, 3.05) is 18.6 Å². The Hall–Kier alpha value is -3.44. The number of halogens is 6. The second-order valence-electron chi connectivity index (χ2n) is 5.40. The zero-order chi connectivity index (χ0) is 22.6. The Kier molecular flexibility index (Phi) is 7.09. The molecule has 0 aliphatic heterocycles. The van der Waals surface area contributed by atoms with Crippen LogP contribution in [0.25, 0.3) is 0 Å². The fourth-order valence-corrected chi connectivity index (χ4v) is 1.97. The van der Waals surface area contributed by atoms with Gasteiger partial charge in [-0.2, -0.15) is 26.3 Å². The molecule has 0 spiro atoms. The maximum Gasteiger partial charge on any atom is 0.416 e. The summed E-state index contributed by atoms with van der Waals surface area (Å²) in [4.78, 5) is 21.4. The first-order chi connectivity index (χ1) is 13.2. The van der Waals surface area contributed by atoms with Crippen LogP contribution in [-0.2, 0) is 17.1 Å². The van der Waals surface area contributed by atoms with Crippen molar-refractivity contribution in [3.63, 3.8) is 0 Å². The highest BCUT2D eigenvalue weighted by molar-refractivity contribution is 5.95. The number of hydrogen-bond donors (Lipinski definition) is 3. The topological polar surface area (TPSA) is 116 Å². The van der Waals surface area contributed by atoms with Gasteiger partial charge in [0.05, 0.1) is 29.4 Å². The van der Waals surface area contributed by atoms with Gasteiger partial charge in [-0.05, 0) is 36.4 Å². The van der Waals surface area contributed by atoms with E-state index in [-0.39, 0.29) is 16.8 Å². The van der Waals surface area contributed by atoms with Gasteiger partial charge < -0.3 is 21.3 Å². The van der Waals surface area contributed by atoms with Gasteiger partial charge in [-0.25, -0.2) is 9.59 Å². The van der Waals surface area contributed by atoms with Crippen LogP contribution in [0.3, 0.4) is 0 Å². The third-order valence-corrected chi connectivity index (χ3v) is 3.39. The lowest BCUT2D eigenvalue weighted by Crippen LogP contribution is -2.10. The lowest BCUT2D eigenvalue weighted by molar-refractivity contribution is -0.138. The van der Waals surface area contributed by atoms with Gasteiger partial charge >= 0.3 is 24.3 Å². The molecule has 0 aromatic heterocycles. The molecule has 0 radical (unpaired) electrons. The van der Waals surface area contributed by atoms with Crippen LogP contribution >= 0.6 is 0 Å². The van der Waals surface area contributed by atoms with Crippen LogP contribution in [0.1, 0.15) is 31.8 Å². The summed E-state index contributed by atoms with van der Waals surface area (Å²) < 4.78 is 77.3. The second kappa shape index (κ2) is 8.71. The van der Waals surface area contributed by atoms with E-state index in [1.54, 1.807) is 0 Å². The first-order valence-electron chi connectivity index (χ1n) is 7.43. The molecule has 6 nitrogen and oxygen atoms in total. The molecule has 0 heterocycles. The van der Waals surface area contributed by atoms with E-state index in [2.05, 4.69) is 4.74 Å². The Labute approximate surface area is 159 Å². The molecule has 0 bridgehead atoms. The molecule has 0 unspecified atom stereocenters. The summed E-state index contributed by atoms with van der Waals surface area (Å²) in [5.41, 5.74) is 7.52. The standard InChI is InChI=1S/C9H8F3NO2.C8H6F3NO2/c1-15-8(14)6-3-2-5(4-7(6)13)9(10,11)12;9-8(10,11)4-1-2-5(7(13)14)6(12)3-4/h2-4H,13H2,1H3;1-3H,12H2,(H,13,14). The number of hydrogen-bond acceptors (Lipinski definition) is 5. The largest absolute Gasteiger partial charge is 0.478 e. The Bertz CT molecular complexity index is 910. The highest BCUT2D eigenvalue weighted by Crippen LogP contribution is 2.32. The number of carbonyl (C=O) groups excluding carboxylic acids is 1. The molecule has 0 saturated heterocycles. The van der Waals surface area contributed by atoms with Gasteiger partial charge in [0.2, 0.25) is 0 Å². The van der Waals surface area contributed by atoms with Gasteiger partial charge in [0, 0.05) is 11.4 Å². The fourth-order valence-electron chi connectivity index (χ4n) is 1.97. The van der Waals surface area contributed by atoms with Gasteiger partial charge in [0.25, 0.3) is 0 Å². The minimum atomic E-state index is -4.51. The van der Waals surface area contributed by atoms with Gasteiger partial charge in [-0.1, -0.05) is 0 Å². The third kappa shape index (κ3) is 6.30. The lowest BCUT2D eigenvalue weighted by Gasteiger charge is -2.09. The van der Waals surface area contributed by atoms with E-state index in [1.807, 2.05) is 0 Å². The minimum absolute atomic E-state index is 0.0782. The quantitative estimate of drug-likeness (QED) is 0.381. The molecule has 5 N–H and O–H groups in total. The van der Waals surface area contributed by atoms with E-state index in [0.29, 0.717) is 18.2 Å². The predicted octanol–water partition coefficient (Wildman–Crippen LogP) is 4.06. The number of benzene rings is 2. The van der Waals surface area contributed by atoms with Crippen molar-refractivity contribution in [2.45, 2.75) is 12.4 Å². The summed E-state index contributed by atoms with van der Waals surface area (Å²) in [6, 6.07) is 4.59. The number of carboxylic acid groups (broad SMARTS) is 1. The summed E-state index contributed by atoms with van der Waals surface area (Å²) in [6.45, 7) is 0. The maximum atomic E-state index is 12.2. The number of nitrogens with two attached hydrogens (primary N) is 2. The fraction of sp³-hybridized carbons (Fsp3) is 0.176. The molecule has 0 saturated carbocycles. The maximum absolute atomic E-state index is 12.2. The summed E-state index contributed by atoms with van der Waals surface area (Å²) in [6.07, 6.45) is -8.98. The molecule has 12 heteroatoms. The van der Waals surface area contributed by atoms with Crippen LogP contribution in [0.5, 0.6) is 0 Å². The molecule has 0 amide bonds. The zero-order valence-corrected chi connectivity index (χ0v) is 14.6. The van der Waals surface area contributed by atoms with Crippen molar-refractivity contribution < 1.29 is 45.8 Å². The van der Waals surface area contributed by atoms with Crippen LogP contribution in [0.2, 0.25) is 0 Å². The number of methoxy groups -OCH3 is 1. The summed E-state index contributed by atoms with van der Waals surface area (Å²) in [5.74, 6) is -2.11. The molecule has 0 aliphatic carbocycles. The number of anilines is 2. The SMILES string of the molecule is COC(=O)c1ccc(C(F)(F)F)cc1N.Nc1cc(C(F)(F)F)ccc1C(=O)O. The Morgan fingerprint density at radius 3 is 1.48 bits per heavy atom. The van der Waals surface area contributed by atoms with Crippen molar-refractivity contribution in [2.24, 2.45) is 0 Å². The average molecular weight is 424 g/mol. The van der Waals surface area contributed by atoms with Crippen molar-refractivity contribution in [1.29, 1.82) is 0 Å². The first kappa shape index (κ1) is 23.6. The number of rotatable bonds is 2. The number of nitrogen functional groups attached to an aromatic ring is 2. The normalized spacial score (nSPS) is 11.3. The van der Waals surface area contributed by atoms with Gasteiger partial charge in [-0.3, -0.25) is 0 Å². The molecule has 0 atom stereocenters. The number of ether oxygens (including phenoxy) is 1. The van der Waals surface area contributed by atoms with Crippen LogP contribution in [-0.4, -0.2) is 24.2 Å². The average Bonchev–Trinajstić information content (AvgIpc) is 2.59. The Morgan fingerprint density at radius 1 is 0.828 bits per heavy atom. The summed E-state index contributed by atoms with van der Waals surface area (Å²) in [5, 5.41) is 8.50. The lowest BCUT2D eigenvalue weighted by atomic mass is 10.1. The van der Waals surface area contributed by atoms with E-state index in [4.69, 9.17) is 16.6 Å². The Morgan fingerprint density at radius 2 is 1.21 bits per heavy atom. The number of esters is 1. The van der Waals surface area contributed by atoms with Crippen molar-refractivity contribution >= 4 is 23.3 Å². The molecular formula is C17H14F6N2O4. The third-order valence-electron chi connectivity index (χ3n) is 3.39. The predicted molar refractivity (Wildman–Crippen MR) is 90.0 cm³/mol. The van der Waals surface area contributed by atoms with Crippen LogP contribution in [0, 0.1) is 0 Å². The second-order valence-corrected chi connectivity index (χ2v) is 5.40. The number of carbonyl (C=O) groups is 2. The molecule has 158 valence electrons. The van der Waals surface area contributed by atoms with Gasteiger partial charge in [0.1, 0.15) is 0 Å². The molecule has 0 aliphatic rings. The molecule has 2 rings (SSSR count). The van der Waals surface area contributed by atoms with Gasteiger partial charge in [0.15, 0.2) is 0 Å². The van der Waals surface area contributed by atoms with E-state index in [9.17, 15) is 35.9 Å². The van der Waals surface area contributed by atoms with Crippen LogP contribution in [0.15, 0.2) is 36.4 Å². The van der Waals surface area contributed by atoms with Crippen molar-refractivity contribution in [3.05, 3.63) is 58.7 Å². The minimum Gasteiger partial charge on any atom is -0.478 e. The molecule has 0 fully saturated rings. The first-order valence-corrected chi connectivity index (χ1v) is 7.43. The molecule has 2 aromatic carbocycles. The molecular weight excluding hydrogens is 410 g/mol. The smallest absolute Gasteiger partial charge is 0.416 e. The van der Waals surface area contributed by atoms with E-state index < -0.39 is 41.1 Å². The highest BCUT2D eigenvalue weighted by Gasteiger charge is 2.32. The zero-order valence-electron chi connectivity index (χ0n) is 14.6.